The second-order valence-electron chi connectivity index (χ2n) is 16.8. The number of carbonyl (C=O) groups excluding carboxylic acids is 2. The lowest BCUT2D eigenvalue weighted by atomic mass is 10.0. The van der Waals surface area contributed by atoms with Crippen molar-refractivity contribution in [3.8, 4) is 0 Å². The molecule has 0 aliphatic heterocycles. The van der Waals surface area contributed by atoms with Crippen LogP contribution in [0.4, 0.5) is 0 Å². The lowest BCUT2D eigenvalue weighted by Crippen LogP contribution is -2.45. The average molecular weight is 790 g/mol. The summed E-state index contributed by atoms with van der Waals surface area (Å²) in [4.78, 5) is 24.4. The minimum Gasteiger partial charge on any atom is -0.466 e. The molecule has 0 aromatic carbocycles. The molecule has 0 radical (unpaired) electrons. The molecule has 0 aliphatic carbocycles. The first-order chi connectivity index (χ1) is 27.5. The largest absolute Gasteiger partial charge is 0.466 e. The molecule has 0 saturated heterocycles. The van der Waals surface area contributed by atoms with Crippen molar-refractivity contribution in [3.05, 3.63) is 24.3 Å². The third-order valence-corrected chi connectivity index (χ3v) is 11.2. The van der Waals surface area contributed by atoms with Gasteiger partial charge >= 0.3 is 5.97 Å². The van der Waals surface area contributed by atoms with E-state index in [1.807, 2.05) is 0 Å². The smallest absolute Gasteiger partial charge is 0.305 e. The minimum absolute atomic E-state index is 0.0443. The Morgan fingerprint density at radius 3 is 1.30 bits per heavy atom. The number of unbranched alkanes of at least 4 members (excludes halogenated alkanes) is 30. The Bertz CT molecular complexity index is 874. The van der Waals surface area contributed by atoms with Gasteiger partial charge in [-0.3, -0.25) is 9.59 Å². The molecule has 2 unspecified atom stereocenters. The van der Waals surface area contributed by atoms with Crippen LogP contribution in [0.15, 0.2) is 24.3 Å². The van der Waals surface area contributed by atoms with Crippen LogP contribution in [0.25, 0.3) is 0 Å². The monoisotopic (exact) mass is 790 g/mol. The number of rotatable bonds is 45. The Labute approximate surface area is 348 Å². The number of esters is 1. The summed E-state index contributed by atoms with van der Waals surface area (Å²) >= 11 is 0. The van der Waals surface area contributed by atoms with Crippen LogP contribution in [0, 0.1) is 0 Å². The molecular weight excluding hydrogens is 695 g/mol. The molecule has 0 bridgehead atoms. The van der Waals surface area contributed by atoms with Crippen LogP contribution in [-0.4, -0.2) is 47.4 Å². The van der Waals surface area contributed by atoms with Gasteiger partial charge in [0.15, 0.2) is 0 Å². The maximum atomic E-state index is 12.4. The highest BCUT2D eigenvalue weighted by Crippen LogP contribution is 2.16. The lowest BCUT2D eigenvalue weighted by molar-refractivity contribution is -0.143. The summed E-state index contributed by atoms with van der Waals surface area (Å²) in [6.45, 7) is 4.85. The topological polar surface area (TPSA) is 95.9 Å². The van der Waals surface area contributed by atoms with Gasteiger partial charge in [-0.2, -0.15) is 0 Å². The van der Waals surface area contributed by atoms with Crippen LogP contribution in [-0.2, 0) is 14.3 Å². The van der Waals surface area contributed by atoms with Crippen molar-refractivity contribution in [3.63, 3.8) is 0 Å². The maximum Gasteiger partial charge on any atom is 0.305 e. The summed E-state index contributed by atoms with van der Waals surface area (Å²) in [7, 11) is 0. The van der Waals surface area contributed by atoms with E-state index in [0.29, 0.717) is 25.9 Å². The maximum absolute atomic E-state index is 12.4. The summed E-state index contributed by atoms with van der Waals surface area (Å²) in [5, 5.41) is 23.2. The summed E-state index contributed by atoms with van der Waals surface area (Å²) < 4.78 is 5.43. The van der Waals surface area contributed by atoms with E-state index < -0.39 is 12.1 Å². The molecule has 1 amide bonds. The predicted octanol–water partition coefficient (Wildman–Crippen LogP) is 14.3. The van der Waals surface area contributed by atoms with Gasteiger partial charge in [-0.25, -0.2) is 0 Å². The zero-order valence-corrected chi connectivity index (χ0v) is 37.4. The quantitative estimate of drug-likeness (QED) is 0.0324. The van der Waals surface area contributed by atoms with E-state index in [0.717, 1.165) is 70.6 Å². The number of allylic oxidation sites excluding steroid dienone is 4. The van der Waals surface area contributed by atoms with Gasteiger partial charge < -0.3 is 20.3 Å². The van der Waals surface area contributed by atoms with E-state index in [-0.39, 0.29) is 18.5 Å². The van der Waals surface area contributed by atoms with Gasteiger partial charge in [0.05, 0.1) is 25.4 Å². The summed E-state index contributed by atoms with van der Waals surface area (Å²) in [6.07, 6.45) is 52.9. The van der Waals surface area contributed by atoms with Crippen LogP contribution >= 0.6 is 0 Å². The molecule has 2 atom stereocenters. The second-order valence-corrected chi connectivity index (χ2v) is 16.8. The number of aliphatic hydroxyl groups is 2. The molecule has 3 N–H and O–H groups in total. The summed E-state index contributed by atoms with van der Waals surface area (Å²) in [5.74, 6) is -0.140. The van der Waals surface area contributed by atoms with E-state index in [1.165, 1.54) is 154 Å². The third-order valence-electron chi connectivity index (χ3n) is 11.2. The highest BCUT2D eigenvalue weighted by atomic mass is 16.5. The fourth-order valence-corrected chi connectivity index (χ4v) is 7.40. The molecule has 0 saturated carbocycles. The van der Waals surface area contributed by atoms with Crippen molar-refractivity contribution in [1.82, 2.24) is 5.32 Å². The van der Waals surface area contributed by atoms with Crippen LogP contribution in [0.2, 0.25) is 0 Å². The number of amides is 1. The molecule has 0 heterocycles. The first-order valence-corrected chi connectivity index (χ1v) is 24.6. The number of carbonyl (C=O) groups is 2. The van der Waals surface area contributed by atoms with Gasteiger partial charge in [-0.1, -0.05) is 199 Å². The zero-order chi connectivity index (χ0) is 40.8. The van der Waals surface area contributed by atoms with Crippen molar-refractivity contribution in [2.45, 2.75) is 270 Å². The average Bonchev–Trinajstić information content (AvgIpc) is 3.20. The van der Waals surface area contributed by atoms with E-state index in [4.69, 9.17) is 4.74 Å². The molecule has 0 spiro atoms. The predicted molar refractivity (Wildman–Crippen MR) is 241 cm³/mol. The molecule has 0 aromatic heterocycles. The van der Waals surface area contributed by atoms with Crippen molar-refractivity contribution in [2.24, 2.45) is 0 Å². The highest BCUT2D eigenvalue weighted by molar-refractivity contribution is 5.76. The summed E-state index contributed by atoms with van der Waals surface area (Å²) in [6, 6.07) is -0.579. The molecule has 56 heavy (non-hydrogen) atoms. The molecule has 0 aromatic rings. The van der Waals surface area contributed by atoms with Crippen molar-refractivity contribution < 1.29 is 24.5 Å². The Morgan fingerprint density at radius 2 is 0.857 bits per heavy atom. The van der Waals surface area contributed by atoms with Gasteiger partial charge in [-0.15, -0.1) is 0 Å². The first kappa shape index (κ1) is 54.3. The van der Waals surface area contributed by atoms with Gasteiger partial charge in [0.1, 0.15) is 0 Å². The van der Waals surface area contributed by atoms with E-state index in [9.17, 15) is 19.8 Å². The zero-order valence-electron chi connectivity index (χ0n) is 37.4. The third kappa shape index (κ3) is 42.0. The van der Waals surface area contributed by atoms with E-state index in [2.05, 4.69) is 43.5 Å². The van der Waals surface area contributed by atoms with Crippen LogP contribution < -0.4 is 5.32 Å². The van der Waals surface area contributed by atoms with Gasteiger partial charge in [0, 0.05) is 12.8 Å². The molecule has 6 heteroatoms. The van der Waals surface area contributed by atoms with Crippen LogP contribution in [0.1, 0.15) is 258 Å². The minimum atomic E-state index is -0.695. The van der Waals surface area contributed by atoms with Gasteiger partial charge in [0.25, 0.3) is 0 Å². The number of ether oxygens (including phenoxy) is 1. The lowest BCUT2D eigenvalue weighted by Gasteiger charge is -2.22. The summed E-state index contributed by atoms with van der Waals surface area (Å²) in [5.41, 5.74) is 0. The SMILES string of the molecule is CCCCCCC/C=C\CCCCCCCC(=O)OCCCCCC/C=C\CCCC(=O)NC(CO)C(O)CCCCCCCCCCCCCCCCCC. The molecule has 0 fully saturated rings. The number of aliphatic hydroxyl groups excluding tert-OH is 2. The standard InChI is InChI=1S/C50H95NO5/c1-3-5-7-9-11-13-15-17-19-20-21-23-26-30-34-38-42-48(53)47(46-52)51-49(54)43-39-35-31-27-25-29-33-37-41-45-56-50(55)44-40-36-32-28-24-22-18-16-14-12-10-8-6-4-2/h16,18,27,31,47-48,52-53H,3-15,17,19-26,28-30,32-46H2,1-2H3,(H,51,54)/b18-16-,31-27-. The Kier molecular flexibility index (Phi) is 44.7. The Balaban J connectivity index is 3.56. The molecule has 0 aliphatic rings. The van der Waals surface area contributed by atoms with Crippen molar-refractivity contribution >= 4 is 11.9 Å². The Hall–Kier alpha value is -1.66. The fraction of sp³-hybridized carbons (Fsp3) is 0.880. The molecular formula is C50H95NO5. The molecule has 330 valence electrons. The molecule has 0 rings (SSSR count). The normalized spacial score (nSPS) is 12.9. The first-order valence-electron chi connectivity index (χ1n) is 24.6. The highest BCUT2D eigenvalue weighted by Gasteiger charge is 2.20. The van der Waals surface area contributed by atoms with Crippen LogP contribution in [0.5, 0.6) is 0 Å². The van der Waals surface area contributed by atoms with Gasteiger partial charge in [0.2, 0.25) is 5.91 Å². The van der Waals surface area contributed by atoms with Crippen molar-refractivity contribution in [1.29, 1.82) is 0 Å². The number of hydrogen-bond acceptors (Lipinski definition) is 5. The number of hydrogen-bond donors (Lipinski definition) is 3. The van der Waals surface area contributed by atoms with Gasteiger partial charge in [-0.05, 0) is 70.6 Å². The van der Waals surface area contributed by atoms with Crippen molar-refractivity contribution in [2.75, 3.05) is 13.2 Å². The molecule has 6 nitrogen and oxygen atoms in total. The van der Waals surface area contributed by atoms with E-state index in [1.54, 1.807) is 0 Å². The second kappa shape index (κ2) is 46.0. The van der Waals surface area contributed by atoms with Crippen LogP contribution in [0.3, 0.4) is 0 Å². The fourth-order valence-electron chi connectivity index (χ4n) is 7.40. The van der Waals surface area contributed by atoms with E-state index >= 15 is 0 Å². The number of nitrogens with one attached hydrogen (secondary N) is 1. The Morgan fingerprint density at radius 1 is 0.482 bits per heavy atom.